The number of hydrogen-bond donors (Lipinski definition) is 1. The highest BCUT2D eigenvalue weighted by Gasteiger charge is 2.31. The van der Waals surface area contributed by atoms with Gasteiger partial charge in [-0.3, -0.25) is 9.10 Å². The summed E-state index contributed by atoms with van der Waals surface area (Å²) in [4.78, 5) is 13.0. The molecule has 0 fully saturated rings. The van der Waals surface area contributed by atoms with Crippen molar-refractivity contribution in [2.75, 3.05) is 60.1 Å². The molecule has 0 atom stereocenters. The third-order valence-electron chi connectivity index (χ3n) is 6.07. The molecule has 216 valence electrons. The van der Waals surface area contributed by atoms with Crippen molar-refractivity contribution in [1.29, 1.82) is 0 Å². The van der Waals surface area contributed by atoms with Gasteiger partial charge in [0, 0.05) is 18.7 Å². The molecule has 0 saturated heterocycles. The fraction of sp³-hybridized carbons (Fsp3) is 0.321. The molecule has 0 aliphatic heterocycles. The molecule has 11 nitrogen and oxygen atoms in total. The minimum Gasteiger partial charge on any atom is -0.497 e. The van der Waals surface area contributed by atoms with Crippen LogP contribution < -0.4 is 38.0 Å². The van der Waals surface area contributed by atoms with E-state index in [0.717, 1.165) is 9.87 Å². The zero-order valence-corrected chi connectivity index (χ0v) is 24.2. The second-order valence-electron chi connectivity index (χ2n) is 8.36. The van der Waals surface area contributed by atoms with E-state index in [1.165, 1.54) is 52.7 Å². The van der Waals surface area contributed by atoms with Crippen molar-refractivity contribution in [3.05, 3.63) is 60.2 Å². The maximum absolute atomic E-state index is 14.0. The van der Waals surface area contributed by atoms with Crippen LogP contribution in [0.2, 0.25) is 0 Å². The summed E-state index contributed by atoms with van der Waals surface area (Å²) in [5.74, 6) is 1.86. The molecule has 0 heterocycles. The quantitative estimate of drug-likeness (QED) is 0.309. The number of carbonyl (C=O) groups excluding carboxylic acids is 1. The first kappa shape index (κ1) is 30.2. The van der Waals surface area contributed by atoms with Crippen LogP contribution in [0.25, 0.3) is 0 Å². The Hall–Kier alpha value is -4.32. The van der Waals surface area contributed by atoms with Gasteiger partial charge in [0.1, 0.15) is 18.0 Å². The number of rotatable bonds is 14. The average molecular weight is 575 g/mol. The van der Waals surface area contributed by atoms with Gasteiger partial charge >= 0.3 is 0 Å². The third-order valence-corrected chi connectivity index (χ3v) is 7.82. The largest absolute Gasteiger partial charge is 0.497 e. The Bertz CT molecular complexity index is 1430. The molecule has 1 amide bonds. The summed E-state index contributed by atoms with van der Waals surface area (Å²) in [5, 5.41) is 2.79. The van der Waals surface area contributed by atoms with Crippen molar-refractivity contribution >= 4 is 21.6 Å². The van der Waals surface area contributed by atoms with Crippen LogP contribution in [0.1, 0.15) is 5.56 Å². The van der Waals surface area contributed by atoms with Gasteiger partial charge in [0.25, 0.3) is 10.0 Å². The standard InChI is InChI=1S/C28H34N2O9S/c1-34-20-8-11-23(35-2)22(16-20)30(40(32,33)21-9-12-25(37-4)27(17-21)39-6)18-28(31)29-14-13-19-7-10-24(36-3)26(15-19)38-5/h7-12,15-17H,13-14,18H2,1-6H3,(H,29,31). The van der Waals surface area contributed by atoms with E-state index in [9.17, 15) is 13.2 Å². The zero-order chi connectivity index (χ0) is 29.3. The van der Waals surface area contributed by atoms with Gasteiger partial charge in [-0.05, 0) is 48.4 Å². The molecule has 0 bridgehead atoms. The number of anilines is 1. The molecule has 0 unspecified atom stereocenters. The zero-order valence-electron chi connectivity index (χ0n) is 23.3. The highest BCUT2D eigenvalue weighted by molar-refractivity contribution is 7.92. The van der Waals surface area contributed by atoms with E-state index < -0.39 is 22.5 Å². The van der Waals surface area contributed by atoms with Crippen LogP contribution in [0.4, 0.5) is 5.69 Å². The summed E-state index contributed by atoms with van der Waals surface area (Å²) in [6, 6.07) is 14.4. The van der Waals surface area contributed by atoms with Crippen LogP contribution in [-0.4, -0.2) is 70.1 Å². The number of methoxy groups -OCH3 is 6. The van der Waals surface area contributed by atoms with Crippen LogP contribution >= 0.6 is 0 Å². The highest BCUT2D eigenvalue weighted by Crippen LogP contribution is 2.37. The molecule has 0 spiro atoms. The Balaban J connectivity index is 1.91. The fourth-order valence-electron chi connectivity index (χ4n) is 3.96. The number of ether oxygens (including phenoxy) is 6. The summed E-state index contributed by atoms with van der Waals surface area (Å²) in [6.45, 7) is -0.264. The van der Waals surface area contributed by atoms with Crippen molar-refractivity contribution in [1.82, 2.24) is 5.32 Å². The van der Waals surface area contributed by atoms with E-state index in [1.807, 2.05) is 12.1 Å². The van der Waals surface area contributed by atoms with Crippen LogP contribution in [0.5, 0.6) is 34.5 Å². The van der Waals surface area contributed by atoms with Crippen molar-refractivity contribution in [2.24, 2.45) is 0 Å². The van der Waals surface area contributed by atoms with E-state index in [0.29, 0.717) is 29.4 Å². The first-order valence-corrected chi connectivity index (χ1v) is 13.6. The van der Waals surface area contributed by atoms with Gasteiger partial charge in [0.2, 0.25) is 5.91 Å². The number of carbonyl (C=O) groups is 1. The summed E-state index contributed by atoms with van der Waals surface area (Å²) in [6.07, 6.45) is 0.483. The van der Waals surface area contributed by atoms with E-state index in [2.05, 4.69) is 5.32 Å². The van der Waals surface area contributed by atoms with Crippen molar-refractivity contribution in [3.8, 4) is 34.5 Å². The van der Waals surface area contributed by atoms with Crippen molar-refractivity contribution in [3.63, 3.8) is 0 Å². The Morgan fingerprint density at radius 1 is 0.700 bits per heavy atom. The van der Waals surface area contributed by atoms with Gasteiger partial charge in [-0.25, -0.2) is 8.42 Å². The van der Waals surface area contributed by atoms with Gasteiger partial charge in [-0.2, -0.15) is 0 Å². The highest BCUT2D eigenvalue weighted by atomic mass is 32.2. The molecule has 3 aromatic carbocycles. The lowest BCUT2D eigenvalue weighted by molar-refractivity contribution is -0.119. The lowest BCUT2D eigenvalue weighted by Gasteiger charge is -2.26. The lowest BCUT2D eigenvalue weighted by Crippen LogP contribution is -2.41. The summed E-state index contributed by atoms with van der Waals surface area (Å²) >= 11 is 0. The normalized spacial score (nSPS) is 10.8. The van der Waals surface area contributed by atoms with Crippen molar-refractivity contribution < 1.29 is 41.6 Å². The molecular formula is C28H34N2O9S. The molecule has 1 N–H and O–H groups in total. The Morgan fingerprint density at radius 3 is 1.88 bits per heavy atom. The molecular weight excluding hydrogens is 540 g/mol. The average Bonchev–Trinajstić information content (AvgIpc) is 2.98. The minimum absolute atomic E-state index is 0.104. The van der Waals surface area contributed by atoms with Gasteiger partial charge in [0.05, 0.1) is 53.2 Å². The Kier molecular flexibility index (Phi) is 10.3. The molecule has 12 heteroatoms. The molecule has 3 rings (SSSR count). The fourth-order valence-corrected chi connectivity index (χ4v) is 5.40. The number of nitrogens with one attached hydrogen (secondary N) is 1. The topological polar surface area (TPSA) is 122 Å². The second kappa shape index (κ2) is 13.7. The summed E-state index contributed by atoms with van der Waals surface area (Å²) < 4.78 is 60.8. The second-order valence-corrected chi connectivity index (χ2v) is 10.2. The number of nitrogens with zero attached hydrogens (tertiary/aromatic N) is 1. The molecule has 0 aromatic heterocycles. The first-order valence-electron chi connectivity index (χ1n) is 12.2. The molecule has 0 saturated carbocycles. The van der Waals surface area contributed by atoms with Gasteiger partial charge in [0.15, 0.2) is 23.0 Å². The van der Waals surface area contributed by atoms with Gasteiger partial charge in [-0.15, -0.1) is 0 Å². The van der Waals surface area contributed by atoms with Gasteiger partial charge < -0.3 is 33.7 Å². The van der Waals surface area contributed by atoms with E-state index in [4.69, 9.17) is 28.4 Å². The maximum Gasteiger partial charge on any atom is 0.265 e. The third kappa shape index (κ3) is 6.81. The molecule has 0 radical (unpaired) electrons. The maximum atomic E-state index is 14.0. The molecule has 0 aliphatic carbocycles. The van der Waals surface area contributed by atoms with E-state index in [-0.39, 0.29) is 28.6 Å². The van der Waals surface area contributed by atoms with Crippen LogP contribution in [0.15, 0.2) is 59.5 Å². The van der Waals surface area contributed by atoms with Crippen molar-refractivity contribution in [2.45, 2.75) is 11.3 Å². The monoisotopic (exact) mass is 574 g/mol. The van der Waals surface area contributed by atoms with E-state index >= 15 is 0 Å². The minimum atomic E-state index is -4.29. The number of sulfonamides is 1. The van der Waals surface area contributed by atoms with Crippen LogP contribution in [0, 0.1) is 0 Å². The Morgan fingerprint density at radius 2 is 1.27 bits per heavy atom. The predicted octanol–water partition coefficient (Wildman–Crippen LogP) is 3.29. The number of hydrogen-bond acceptors (Lipinski definition) is 9. The number of amides is 1. The molecule has 0 aliphatic rings. The molecule has 40 heavy (non-hydrogen) atoms. The first-order chi connectivity index (χ1) is 19.2. The SMILES string of the molecule is COc1ccc(OC)c(N(CC(=O)NCCc2ccc(OC)c(OC)c2)S(=O)(=O)c2ccc(OC)c(OC)c2)c1. The predicted molar refractivity (Wildman–Crippen MR) is 150 cm³/mol. The van der Waals surface area contributed by atoms with Crippen LogP contribution in [-0.2, 0) is 21.2 Å². The van der Waals surface area contributed by atoms with E-state index in [1.54, 1.807) is 32.4 Å². The Labute approximate surface area is 234 Å². The molecule has 3 aromatic rings. The number of benzene rings is 3. The van der Waals surface area contributed by atoms with Crippen LogP contribution in [0.3, 0.4) is 0 Å². The van der Waals surface area contributed by atoms with Gasteiger partial charge in [-0.1, -0.05) is 6.07 Å². The summed E-state index contributed by atoms with van der Waals surface area (Å²) in [5.41, 5.74) is 1.04. The smallest absolute Gasteiger partial charge is 0.265 e. The summed E-state index contributed by atoms with van der Waals surface area (Å²) in [7, 11) is 4.54. The lowest BCUT2D eigenvalue weighted by atomic mass is 10.1.